The van der Waals surface area contributed by atoms with E-state index in [9.17, 15) is 19.2 Å². The van der Waals surface area contributed by atoms with E-state index in [2.05, 4.69) is 10.6 Å². The molecule has 0 aliphatic carbocycles. The van der Waals surface area contributed by atoms with Crippen molar-refractivity contribution < 1.29 is 23.6 Å². The lowest BCUT2D eigenvalue weighted by Gasteiger charge is -2.35. The van der Waals surface area contributed by atoms with Crippen molar-refractivity contribution in [2.75, 3.05) is 11.9 Å². The molecule has 8 heteroatoms. The molecule has 0 bridgehead atoms. The number of nitrogens with zero attached hydrogens (tertiary/aromatic N) is 1. The number of likely N-dealkylation sites (tertiary alicyclic amines) is 1. The fraction of sp³-hybridized carbons (Fsp3) is 0.417. The van der Waals surface area contributed by atoms with Crippen LogP contribution in [0.3, 0.4) is 0 Å². The number of anilines is 1. The van der Waals surface area contributed by atoms with Crippen molar-refractivity contribution in [3.63, 3.8) is 0 Å². The lowest BCUT2D eigenvalue weighted by molar-refractivity contribution is -0.138. The molecule has 0 spiro atoms. The molecule has 1 aromatic heterocycles. The lowest BCUT2D eigenvalue weighted by Crippen LogP contribution is -2.51. The molecule has 1 aromatic carbocycles. The third-order valence-electron chi connectivity index (χ3n) is 6.57. The molecule has 2 N–H and O–H groups in total. The SMILES string of the molecule is CCC1(c2ccc(NC(=O)C3CCCCN3C(=O)c3ccco3)cc2)CCC(=O)NC1=O. The van der Waals surface area contributed by atoms with Crippen LogP contribution in [-0.4, -0.2) is 41.1 Å². The van der Waals surface area contributed by atoms with Gasteiger partial charge in [-0.2, -0.15) is 0 Å². The van der Waals surface area contributed by atoms with Crippen LogP contribution in [0.1, 0.15) is 61.6 Å². The van der Waals surface area contributed by atoms with Gasteiger partial charge in [0.05, 0.1) is 11.7 Å². The monoisotopic (exact) mass is 437 g/mol. The van der Waals surface area contributed by atoms with Crippen LogP contribution < -0.4 is 10.6 Å². The smallest absolute Gasteiger partial charge is 0.290 e. The zero-order valence-corrected chi connectivity index (χ0v) is 18.1. The number of rotatable bonds is 5. The largest absolute Gasteiger partial charge is 0.459 e. The van der Waals surface area contributed by atoms with Crippen LogP contribution in [0.25, 0.3) is 0 Å². The lowest BCUT2D eigenvalue weighted by atomic mass is 9.72. The zero-order chi connectivity index (χ0) is 22.7. The first kappa shape index (κ1) is 21.8. The van der Waals surface area contributed by atoms with Crippen molar-refractivity contribution in [2.45, 2.75) is 56.9 Å². The third-order valence-corrected chi connectivity index (χ3v) is 6.57. The molecule has 2 saturated heterocycles. The van der Waals surface area contributed by atoms with E-state index in [-0.39, 0.29) is 29.4 Å². The molecule has 2 aliphatic rings. The molecular weight excluding hydrogens is 410 g/mol. The maximum absolute atomic E-state index is 13.0. The highest BCUT2D eigenvalue weighted by Crippen LogP contribution is 2.36. The Morgan fingerprint density at radius 3 is 2.62 bits per heavy atom. The van der Waals surface area contributed by atoms with Gasteiger partial charge in [-0.3, -0.25) is 24.5 Å². The van der Waals surface area contributed by atoms with Gasteiger partial charge in [-0.25, -0.2) is 0 Å². The van der Waals surface area contributed by atoms with Gasteiger partial charge in [0.1, 0.15) is 6.04 Å². The molecule has 2 aromatic rings. The molecule has 2 unspecified atom stereocenters. The maximum atomic E-state index is 13.0. The maximum Gasteiger partial charge on any atom is 0.290 e. The minimum Gasteiger partial charge on any atom is -0.459 e. The second-order valence-corrected chi connectivity index (χ2v) is 8.37. The van der Waals surface area contributed by atoms with Gasteiger partial charge in [0, 0.05) is 18.7 Å². The van der Waals surface area contributed by atoms with E-state index in [0.29, 0.717) is 37.9 Å². The van der Waals surface area contributed by atoms with E-state index < -0.39 is 11.5 Å². The number of benzene rings is 1. The summed E-state index contributed by atoms with van der Waals surface area (Å²) in [5.41, 5.74) is 0.662. The molecular formula is C24H27N3O5. The summed E-state index contributed by atoms with van der Waals surface area (Å²) in [6, 6.07) is 9.84. The number of nitrogens with one attached hydrogen (secondary N) is 2. The summed E-state index contributed by atoms with van der Waals surface area (Å²) >= 11 is 0. The van der Waals surface area contributed by atoms with Gasteiger partial charge >= 0.3 is 0 Å². The van der Waals surface area contributed by atoms with Crippen LogP contribution in [0.4, 0.5) is 5.69 Å². The molecule has 32 heavy (non-hydrogen) atoms. The molecule has 0 radical (unpaired) electrons. The first-order valence-corrected chi connectivity index (χ1v) is 11.0. The number of amides is 4. The number of piperidine rings is 2. The highest BCUT2D eigenvalue weighted by atomic mass is 16.3. The second kappa shape index (κ2) is 8.98. The van der Waals surface area contributed by atoms with Crippen molar-refractivity contribution in [3.05, 3.63) is 54.0 Å². The number of hydrogen-bond donors (Lipinski definition) is 2. The van der Waals surface area contributed by atoms with Crippen molar-refractivity contribution in [3.8, 4) is 0 Å². The number of furan rings is 1. The second-order valence-electron chi connectivity index (χ2n) is 8.37. The van der Waals surface area contributed by atoms with E-state index in [4.69, 9.17) is 4.42 Å². The van der Waals surface area contributed by atoms with Crippen LogP contribution in [0.5, 0.6) is 0 Å². The zero-order valence-electron chi connectivity index (χ0n) is 18.1. The summed E-state index contributed by atoms with van der Waals surface area (Å²) in [6.07, 6.45) is 5.08. The average molecular weight is 437 g/mol. The molecule has 8 nitrogen and oxygen atoms in total. The van der Waals surface area contributed by atoms with Crippen molar-refractivity contribution in [1.29, 1.82) is 0 Å². The Morgan fingerprint density at radius 2 is 1.97 bits per heavy atom. The normalized spacial score (nSPS) is 23.5. The van der Waals surface area contributed by atoms with Crippen LogP contribution >= 0.6 is 0 Å². The van der Waals surface area contributed by atoms with E-state index in [1.54, 1.807) is 29.2 Å². The van der Waals surface area contributed by atoms with E-state index in [1.165, 1.54) is 6.26 Å². The summed E-state index contributed by atoms with van der Waals surface area (Å²) < 4.78 is 5.22. The summed E-state index contributed by atoms with van der Waals surface area (Å²) in [5, 5.41) is 5.35. The fourth-order valence-electron chi connectivity index (χ4n) is 4.65. The molecule has 168 valence electrons. The van der Waals surface area contributed by atoms with Crippen molar-refractivity contribution >= 4 is 29.3 Å². The molecule has 2 aliphatic heterocycles. The molecule has 2 fully saturated rings. The Labute approximate surface area is 186 Å². The predicted molar refractivity (Wildman–Crippen MR) is 117 cm³/mol. The molecule has 4 amide bonds. The van der Waals surface area contributed by atoms with Gasteiger partial charge in [0.2, 0.25) is 17.7 Å². The summed E-state index contributed by atoms with van der Waals surface area (Å²) in [5.74, 6) is -0.828. The first-order valence-electron chi connectivity index (χ1n) is 11.0. The average Bonchev–Trinajstić information content (AvgIpc) is 3.35. The standard InChI is InChI=1S/C24H27N3O5/c1-2-24(13-12-20(28)26-23(24)31)16-8-10-17(11-9-16)25-21(29)18-6-3-4-14-27(18)22(30)19-7-5-15-32-19/h5,7-11,15,18H,2-4,6,12-14H2,1H3,(H,25,29)(H,26,28,31). The van der Waals surface area contributed by atoms with Gasteiger partial charge in [0.25, 0.3) is 5.91 Å². The van der Waals surface area contributed by atoms with Crippen LogP contribution in [-0.2, 0) is 19.8 Å². The molecule has 4 rings (SSSR count). The Kier molecular flexibility index (Phi) is 6.12. The molecule has 0 saturated carbocycles. The Morgan fingerprint density at radius 1 is 1.19 bits per heavy atom. The summed E-state index contributed by atoms with van der Waals surface area (Å²) in [7, 11) is 0. The molecule has 3 heterocycles. The fourth-order valence-corrected chi connectivity index (χ4v) is 4.65. The minimum absolute atomic E-state index is 0.225. The van der Waals surface area contributed by atoms with E-state index in [1.807, 2.05) is 19.1 Å². The van der Waals surface area contributed by atoms with Crippen LogP contribution in [0, 0.1) is 0 Å². The highest BCUT2D eigenvalue weighted by Gasteiger charge is 2.42. The van der Waals surface area contributed by atoms with Crippen LogP contribution in [0.2, 0.25) is 0 Å². The van der Waals surface area contributed by atoms with Gasteiger partial charge in [0.15, 0.2) is 5.76 Å². The predicted octanol–water partition coefficient (Wildman–Crippen LogP) is 3.00. The third kappa shape index (κ3) is 4.04. The van der Waals surface area contributed by atoms with Crippen LogP contribution in [0.15, 0.2) is 47.1 Å². The van der Waals surface area contributed by atoms with E-state index in [0.717, 1.165) is 18.4 Å². The van der Waals surface area contributed by atoms with E-state index >= 15 is 0 Å². The first-order chi connectivity index (χ1) is 15.4. The number of carbonyl (C=O) groups excluding carboxylic acids is 4. The molecule has 2 atom stereocenters. The minimum atomic E-state index is -0.744. The summed E-state index contributed by atoms with van der Waals surface area (Å²) in [4.78, 5) is 51.5. The van der Waals surface area contributed by atoms with Crippen molar-refractivity contribution in [1.82, 2.24) is 10.2 Å². The van der Waals surface area contributed by atoms with Gasteiger partial charge in [-0.15, -0.1) is 0 Å². The number of imide groups is 1. The Hall–Kier alpha value is -3.42. The van der Waals surface area contributed by atoms with Crippen molar-refractivity contribution in [2.24, 2.45) is 0 Å². The number of carbonyl (C=O) groups is 4. The van der Waals surface area contributed by atoms with Gasteiger partial charge in [-0.1, -0.05) is 19.1 Å². The summed E-state index contributed by atoms with van der Waals surface area (Å²) in [6.45, 7) is 2.43. The Bertz CT molecular complexity index is 1010. The quantitative estimate of drug-likeness (QED) is 0.699. The Balaban J connectivity index is 1.48. The van der Waals surface area contributed by atoms with Gasteiger partial charge < -0.3 is 14.6 Å². The topological polar surface area (TPSA) is 109 Å². The highest BCUT2D eigenvalue weighted by molar-refractivity contribution is 6.03. The van der Waals surface area contributed by atoms with Gasteiger partial charge in [-0.05, 0) is 61.9 Å². The number of hydrogen-bond acceptors (Lipinski definition) is 5.